The Kier molecular flexibility index (Phi) is 6.12. The molecule has 0 aromatic heterocycles. The summed E-state index contributed by atoms with van der Waals surface area (Å²) in [6.45, 7) is 3.85. The van der Waals surface area contributed by atoms with Crippen LogP contribution in [0.25, 0.3) is 0 Å². The van der Waals surface area contributed by atoms with Crippen molar-refractivity contribution in [3.63, 3.8) is 0 Å². The van der Waals surface area contributed by atoms with Crippen molar-refractivity contribution >= 4 is 17.5 Å². The lowest BCUT2D eigenvalue weighted by Gasteiger charge is -2.22. The smallest absolute Gasteiger partial charge is 0.255 e. The maximum absolute atomic E-state index is 13.2. The molecule has 1 aliphatic heterocycles. The van der Waals surface area contributed by atoms with Gasteiger partial charge in [-0.1, -0.05) is 23.7 Å². The number of methoxy groups -OCH3 is 1. The summed E-state index contributed by atoms with van der Waals surface area (Å²) >= 11 is 6.04. The van der Waals surface area contributed by atoms with Gasteiger partial charge in [-0.15, -0.1) is 0 Å². The van der Waals surface area contributed by atoms with Gasteiger partial charge >= 0.3 is 0 Å². The molecule has 138 valence electrons. The molecule has 1 aliphatic rings. The average Bonchev–Trinajstić information content (AvgIpc) is 2.87. The van der Waals surface area contributed by atoms with Gasteiger partial charge in [-0.2, -0.15) is 0 Å². The fraction of sp³-hybridized carbons (Fsp3) is 0.350. The highest BCUT2D eigenvalue weighted by molar-refractivity contribution is 6.33. The SMILES string of the molecule is COc1ccc(CN2CCCN(C(=O)c3ccc(F)cc3Cl)CC2)cc1. The molecule has 0 saturated carbocycles. The van der Waals surface area contributed by atoms with Crippen molar-refractivity contribution < 1.29 is 13.9 Å². The molecule has 1 fully saturated rings. The highest BCUT2D eigenvalue weighted by atomic mass is 35.5. The molecule has 1 saturated heterocycles. The molecule has 2 aromatic carbocycles. The van der Waals surface area contributed by atoms with Gasteiger partial charge in [0.25, 0.3) is 5.91 Å². The Morgan fingerprint density at radius 2 is 1.88 bits per heavy atom. The predicted octanol–water partition coefficient (Wildman–Crippen LogP) is 3.84. The quantitative estimate of drug-likeness (QED) is 0.812. The number of rotatable bonds is 4. The number of halogens is 2. The molecule has 3 rings (SSSR count). The number of nitrogens with zero attached hydrogens (tertiary/aromatic N) is 2. The van der Waals surface area contributed by atoms with Crippen LogP contribution in [0.4, 0.5) is 4.39 Å². The molecular formula is C20H22ClFN2O2. The molecule has 0 N–H and O–H groups in total. The summed E-state index contributed by atoms with van der Waals surface area (Å²) in [7, 11) is 1.66. The van der Waals surface area contributed by atoms with Gasteiger partial charge in [0, 0.05) is 32.7 Å². The van der Waals surface area contributed by atoms with E-state index >= 15 is 0 Å². The second kappa shape index (κ2) is 8.52. The molecule has 0 atom stereocenters. The van der Waals surface area contributed by atoms with E-state index < -0.39 is 5.82 Å². The third-order valence-corrected chi connectivity index (χ3v) is 4.92. The first-order valence-electron chi connectivity index (χ1n) is 8.66. The lowest BCUT2D eigenvalue weighted by atomic mass is 10.2. The highest BCUT2D eigenvalue weighted by Gasteiger charge is 2.22. The van der Waals surface area contributed by atoms with E-state index in [0.717, 1.165) is 31.8 Å². The van der Waals surface area contributed by atoms with E-state index in [1.54, 1.807) is 12.0 Å². The van der Waals surface area contributed by atoms with Crippen LogP contribution < -0.4 is 4.74 Å². The fourth-order valence-electron chi connectivity index (χ4n) is 3.15. The van der Waals surface area contributed by atoms with Crippen LogP contribution in [0.1, 0.15) is 22.3 Å². The van der Waals surface area contributed by atoms with Crippen molar-refractivity contribution in [2.24, 2.45) is 0 Å². The van der Waals surface area contributed by atoms with Gasteiger partial charge in [-0.3, -0.25) is 9.69 Å². The Bertz CT molecular complexity index is 767. The minimum Gasteiger partial charge on any atom is -0.497 e. The standard InChI is InChI=1S/C20H22ClFN2O2/c1-26-17-6-3-15(4-7-17)14-23-9-2-10-24(12-11-23)20(25)18-8-5-16(22)13-19(18)21/h3-8,13H,2,9-12,14H2,1H3. The summed E-state index contributed by atoms with van der Waals surface area (Å²) < 4.78 is 18.4. The van der Waals surface area contributed by atoms with E-state index in [-0.39, 0.29) is 10.9 Å². The minimum atomic E-state index is -0.437. The maximum Gasteiger partial charge on any atom is 0.255 e. The Hall–Kier alpha value is -2.11. The second-order valence-corrected chi connectivity index (χ2v) is 6.80. The summed E-state index contributed by atoms with van der Waals surface area (Å²) in [6, 6.07) is 11.9. The second-order valence-electron chi connectivity index (χ2n) is 6.39. The zero-order chi connectivity index (χ0) is 18.5. The molecule has 0 radical (unpaired) electrons. The summed E-state index contributed by atoms with van der Waals surface area (Å²) in [6.07, 6.45) is 0.890. The van der Waals surface area contributed by atoms with E-state index in [1.165, 1.54) is 23.8 Å². The Morgan fingerprint density at radius 3 is 2.58 bits per heavy atom. The van der Waals surface area contributed by atoms with Crippen LogP contribution in [-0.4, -0.2) is 49.0 Å². The van der Waals surface area contributed by atoms with Crippen LogP contribution in [0.15, 0.2) is 42.5 Å². The number of carbonyl (C=O) groups excluding carboxylic acids is 1. The van der Waals surface area contributed by atoms with E-state index in [4.69, 9.17) is 16.3 Å². The third kappa shape index (κ3) is 4.54. The molecule has 26 heavy (non-hydrogen) atoms. The van der Waals surface area contributed by atoms with E-state index in [1.807, 2.05) is 12.1 Å². The van der Waals surface area contributed by atoms with Crippen molar-refractivity contribution in [1.29, 1.82) is 0 Å². The number of benzene rings is 2. The van der Waals surface area contributed by atoms with Crippen LogP contribution in [0.3, 0.4) is 0 Å². The molecule has 0 bridgehead atoms. The van der Waals surface area contributed by atoms with Crippen LogP contribution in [-0.2, 0) is 6.54 Å². The van der Waals surface area contributed by atoms with Crippen molar-refractivity contribution in [2.45, 2.75) is 13.0 Å². The van der Waals surface area contributed by atoms with E-state index in [9.17, 15) is 9.18 Å². The van der Waals surface area contributed by atoms with Gasteiger partial charge in [-0.05, 0) is 42.3 Å². The number of hydrogen-bond acceptors (Lipinski definition) is 3. The first-order chi connectivity index (χ1) is 12.6. The molecule has 1 amide bonds. The van der Waals surface area contributed by atoms with E-state index in [0.29, 0.717) is 18.7 Å². The highest BCUT2D eigenvalue weighted by Crippen LogP contribution is 2.20. The Labute approximate surface area is 158 Å². The maximum atomic E-state index is 13.2. The lowest BCUT2D eigenvalue weighted by molar-refractivity contribution is 0.0761. The van der Waals surface area contributed by atoms with Gasteiger partial charge in [0.05, 0.1) is 17.7 Å². The van der Waals surface area contributed by atoms with Crippen LogP contribution >= 0.6 is 11.6 Å². The van der Waals surface area contributed by atoms with Gasteiger partial charge in [-0.25, -0.2) is 4.39 Å². The fourth-order valence-corrected chi connectivity index (χ4v) is 3.40. The zero-order valence-electron chi connectivity index (χ0n) is 14.8. The lowest BCUT2D eigenvalue weighted by Crippen LogP contribution is -2.35. The summed E-state index contributed by atoms with van der Waals surface area (Å²) in [4.78, 5) is 16.8. The normalized spacial score (nSPS) is 15.6. The van der Waals surface area contributed by atoms with Gasteiger partial charge < -0.3 is 9.64 Å². The van der Waals surface area contributed by atoms with E-state index in [2.05, 4.69) is 17.0 Å². The van der Waals surface area contributed by atoms with Crippen LogP contribution in [0, 0.1) is 5.82 Å². The number of ether oxygens (including phenoxy) is 1. The summed E-state index contributed by atoms with van der Waals surface area (Å²) in [5.41, 5.74) is 1.57. The minimum absolute atomic E-state index is 0.138. The third-order valence-electron chi connectivity index (χ3n) is 4.60. The molecule has 6 heteroatoms. The Balaban J connectivity index is 1.61. The zero-order valence-corrected chi connectivity index (χ0v) is 15.5. The van der Waals surface area contributed by atoms with Gasteiger partial charge in [0.1, 0.15) is 11.6 Å². The predicted molar refractivity (Wildman–Crippen MR) is 100 cm³/mol. The largest absolute Gasteiger partial charge is 0.497 e. The van der Waals surface area contributed by atoms with Gasteiger partial charge in [0.15, 0.2) is 0 Å². The first-order valence-corrected chi connectivity index (χ1v) is 9.04. The molecule has 4 nitrogen and oxygen atoms in total. The summed E-state index contributed by atoms with van der Waals surface area (Å²) in [5.74, 6) is 0.270. The topological polar surface area (TPSA) is 32.8 Å². The first kappa shape index (κ1) is 18.7. The van der Waals surface area contributed by atoms with Crippen molar-refractivity contribution in [2.75, 3.05) is 33.3 Å². The molecule has 1 heterocycles. The van der Waals surface area contributed by atoms with Crippen LogP contribution in [0.5, 0.6) is 5.75 Å². The van der Waals surface area contributed by atoms with Gasteiger partial charge in [0.2, 0.25) is 0 Å². The van der Waals surface area contributed by atoms with Crippen LogP contribution in [0.2, 0.25) is 5.02 Å². The van der Waals surface area contributed by atoms with Crippen molar-refractivity contribution in [3.05, 3.63) is 64.4 Å². The number of hydrogen-bond donors (Lipinski definition) is 0. The molecule has 2 aromatic rings. The van der Waals surface area contributed by atoms with Crippen molar-refractivity contribution in [1.82, 2.24) is 9.80 Å². The molecular weight excluding hydrogens is 355 g/mol. The molecule has 0 spiro atoms. The number of carbonyl (C=O) groups is 1. The summed E-state index contributed by atoms with van der Waals surface area (Å²) in [5, 5.41) is 0.161. The Morgan fingerprint density at radius 1 is 1.12 bits per heavy atom. The van der Waals surface area contributed by atoms with Crippen molar-refractivity contribution in [3.8, 4) is 5.75 Å². The average molecular weight is 377 g/mol. The molecule has 0 unspecified atom stereocenters. The number of amides is 1. The monoisotopic (exact) mass is 376 g/mol. The molecule has 0 aliphatic carbocycles.